The normalized spacial score (nSPS) is 27.6. The van der Waals surface area contributed by atoms with Crippen molar-refractivity contribution in [1.29, 1.82) is 0 Å². The molecule has 2 aliphatic rings. The van der Waals surface area contributed by atoms with Gasteiger partial charge in [0, 0.05) is 25.6 Å². The third-order valence-corrected chi connectivity index (χ3v) is 5.22. The van der Waals surface area contributed by atoms with Gasteiger partial charge in [-0.05, 0) is 31.5 Å². The fourth-order valence-corrected chi connectivity index (χ4v) is 3.74. The number of aliphatic hydroxyl groups excluding tert-OH is 1. The van der Waals surface area contributed by atoms with Gasteiger partial charge in [0.1, 0.15) is 24.1 Å². The van der Waals surface area contributed by atoms with Crippen molar-refractivity contribution in [3.8, 4) is 5.75 Å². The number of methoxy groups -OCH3 is 1. The Morgan fingerprint density at radius 3 is 2.57 bits per heavy atom. The summed E-state index contributed by atoms with van der Waals surface area (Å²) in [6.07, 6.45) is -1.69. The summed E-state index contributed by atoms with van der Waals surface area (Å²) in [5, 5.41) is 18.8. The summed E-state index contributed by atoms with van der Waals surface area (Å²) in [7, 11) is 1.61. The number of fused-ring (bicyclic) bond motifs is 1. The number of carbonyl (C=O) groups excluding carboxylic acids is 2. The van der Waals surface area contributed by atoms with Crippen LogP contribution in [0.4, 0.5) is 4.79 Å². The molecule has 3 rings (SSSR count). The highest BCUT2D eigenvalue weighted by molar-refractivity contribution is 5.76. The molecule has 9 heteroatoms. The predicted octanol–water partition coefficient (Wildman–Crippen LogP) is 0.695. The van der Waals surface area contributed by atoms with Crippen LogP contribution in [-0.2, 0) is 20.8 Å². The molecule has 3 amide bonds. The van der Waals surface area contributed by atoms with Crippen molar-refractivity contribution < 1.29 is 28.9 Å². The average Bonchev–Trinajstić information content (AvgIpc) is 3.23. The van der Waals surface area contributed by atoms with Gasteiger partial charge >= 0.3 is 6.03 Å². The van der Waals surface area contributed by atoms with Crippen LogP contribution in [0, 0.1) is 0 Å². The van der Waals surface area contributed by atoms with Crippen LogP contribution < -0.4 is 20.7 Å². The lowest BCUT2D eigenvalue weighted by molar-refractivity contribution is -0.124. The van der Waals surface area contributed by atoms with E-state index in [0.29, 0.717) is 13.0 Å². The zero-order chi connectivity index (χ0) is 21.7. The largest absolute Gasteiger partial charge is 0.497 e. The van der Waals surface area contributed by atoms with Crippen LogP contribution in [0.5, 0.6) is 5.75 Å². The fourth-order valence-electron chi connectivity index (χ4n) is 3.74. The number of benzene rings is 1. The van der Waals surface area contributed by atoms with Crippen LogP contribution in [0.1, 0.15) is 32.3 Å². The van der Waals surface area contributed by atoms with E-state index in [-0.39, 0.29) is 43.2 Å². The second kappa shape index (κ2) is 10.1. The van der Waals surface area contributed by atoms with Gasteiger partial charge in [-0.1, -0.05) is 12.1 Å². The van der Waals surface area contributed by atoms with Crippen molar-refractivity contribution in [3.63, 3.8) is 0 Å². The van der Waals surface area contributed by atoms with Crippen LogP contribution >= 0.6 is 0 Å². The molecule has 2 aliphatic heterocycles. The molecule has 4 N–H and O–H groups in total. The smallest absolute Gasteiger partial charge is 0.315 e. The molecule has 1 aromatic carbocycles. The Bertz CT molecular complexity index is 726. The summed E-state index contributed by atoms with van der Waals surface area (Å²) in [4.78, 5) is 23.9. The molecule has 0 radical (unpaired) electrons. The molecular formula is C21H31N3O6. The maximum absolute atomic E-state index is 12.3. The molecule has 0 saturated carbocycles. The lowest BCUT2D eigenvalue weighted by atomic mass is 10.1. The first-order valence-electron chi connectivity index (χ1n) is 10.3. The van der Waals surface area contributed by atoms with E-state index in [1.54, 1.807) is 7.11 Å². The van der Waals surface area contributed by atoms with Gasteiger partial charge in [0.25, 0.3) is 0 Å². The highest BCUT2D eigenvalue weighted by atomic mass is 16.6. The molecule has 2 heterocycles. The topological polar surface area (TPSA) is 118 Å². The molecule has 2 saturated heterocycles. The van der Waals surface area contributed by atoms with E-state index >= 15 is 0 Å². The molecule has 0 bridgehead atoms. The van der Waals surface area contributed by atoms with E-state index in [9.17, 15) is 14.7 Å². The van der Waals surface area contributed by atoms with Gasteiger partial charge in [-0.15, -0.1) is 0 Å². The Kier molecular flexibility index (Phi) is 7.52. The quantitative estimate of drug-likeness (QED) is 0.491. The Hall–Kier alpha value is -2.36. The van der Waals surface area contributed by atoms with Gasteiger partial charge in [0.15, 0.2) is 0 Å². The lowest BCUT2D eigenvalue weighted by Gasteiger charge is -2.20. The number of ether oxygens (including phenoxy) is 3. The minimum atomic E-state index is -0.846. The SMILES string of the molecule is COc1ccc(CNC(=O)C[C@@H]2C[C@H]3O[C@H](CNC(=O)NC(C)C)[C@@H](O)[C@H]3O2)cc1. The highest BCUT2D eigenvalue weighted by Gasteiger charge is 2.50. The monoisotopic (exact) mass is 421 g/mol. The molecule has 5 atom stereocenters. The fraction of sp³-hybridized carbons (Fsp3) is 0.619. The van der Waals surface area contributed by atoms with E-state index in [1.807, 2.05) is 38.1 Å². The zero-order valence-electron chi connectivity index (χ0n) is 17.6. The van der Waals surface area contributed by atoms with Crippen molar-refractivity contribution in [3.05, 3.63) is 29.8 Å². The maximum atomic E-state index is 12.3. The minimum Gasteiger partial charge on any atom is -0.497 e. The first kappa shape index (κ1) is 22.3. The number of hydrogen-bond acceptors (Lipinski definition) is 6. The standard InChI is InChI=1S/C21H31N3O6/c1-12(2)24-21(27)23-11-17-19(26)20-16(30-17)8-15(29-20)9-18(25)22-10-13-4-6-14(28-3)7-5-13/h4-7,12,15-17,19-20,26H,8-11H2,1-3H3,(H,22,25)(H2,23,24,27)/t15-,16+,17+,19+,20-/m0/s1. The third-order valence-electron chi connectivity index (χ3n) is 5.22. The minimum absolute atomic E-state index is 0.0266. The second-order valence-electron chi connectivity index (χ2n) is 8.00. The van der Waals surface area contributed by atoms with E-state index < -0.39 is 18.3 Å². The van der Waals surface area contributed by atoms with E-state index in [4.69, 9.17) is 14.2 Å². The van der Waals surface area contributed by atoms with Crippen molar-refractivity contribution in [2.75, 3.05) is 13.7 Å². The number of hydrogen-bond donors (Lipinski definition) is 4. The van der Waals surface area contributed by atoms with E-state index in [2.05, 4.69) is 16.0 Å². The number of rotatable bonds is 8. The Labute approximate surface area is 176 Å². The molecule has 2 fully saturated rings. The number of urea groups is 1. The molecule has 9 nitrogen and oxygen atoms in total. The molecule has 0 unspecified atom stereocenters. The molecule has 0 aliphatic carbocycles. The Balaban J connectivity index is 1.38. The van der Waals surface area contributed by atoms with Crippen LogP contribution in [-0.4, -0.2) is 67.3 Å². The lowest BCUT2D eigenvalue weighted by Crippen LogP contribution is -2.45. The molecule has 0 aromatic heterocycles. The van der Waals surface area contributed by atoms with E-state index in [0.717, 1.165) is 11.3 Å². The Morgan fingerprint density at radius 1 is 1.20 bits per heavy atom. The number of nitrogens with one attached hydrogen (secondary N) is 3. The summed E-state index contributed by atoms with van der Waals surface area (Å²) in [6, 6.07) is 7.22. The number of carbonyl (C=O) groups is 2. The first-order chi connectivity index (χ1) is 14.4. The number of aliphatic hydroxyl groups is 1. The third kappa shape index (κ3) is 5.84. The van der Waals surface area contributed by atoms with Crippen molar-refractivity contribution in [2.45, 2.75) is 69.8 Å². The summed E-state index contributed by atoms with van der Waals surface area (Å²) in [5.74, 6) is 0.650. The predicted molar refractivity (Wildman–Crippen MR) is 109 cm³/mol. The van der Waals surface area contributed by atoms with Gasteiger partial charge in [0.2, 0.25) is 5.91 Å². The van der Waals surface area contributed by atoms with Gasteiger partial charge in [-0.2, -0.15) is 0 Å². The van der Waals surface area contributed by atoms with Crippen LogP contribution in [0.15, 0.2) is 24.3 Å². The molecule has 30 heavy (non-hydrogen) atoms. The highest BCUT2D eigenvalue weighted by Crippen LogP contribution is 2.35. The van der Waals surface area contributed by atoms with Crippen LogP contribution in [0.2, 0.25) is 0 Å². The van der Waals surface area contributed by atoms with E-state index in [1.165, 1.54) is 0 Å². The Morgan fingerprint density at radius 2 is 1.93 bits per heavy atom. The van der Waals surface area contributed by atoms with Gasteiger partial charge < -0.3 is 35.3 Å². The van der Waals surface area contributed by atoms with Crippen molar-refractivity contribution in [1.82, 2.24) is 16.0 Å². The second-order valence-corrected chi connectivity index (χ2v) is 8.00. The van der Waals surface area contributed by atoms with Gasteiger partial charge in [-0.3, -0.25) is 4.79 Å². The summed E-state index contributed by atoms with van der Waals surface area (Å²) >= 11 is 0. The number of amides is 3. The van der Waals surface area contributed by atoms with Gasteiger partial charge in [0.05, 0.1) is 25.7 Å². The van der Waals surface area contributed by atoms with Crippen LogP contribution in [0.25, 0.3) is 0 Å². The summed E-state index contributed by atoms with van der Waals surface area (Å²) < 4.78 is 16.8. The molecular weight excluding hydrogens is 390 g/mol. The average molecular weight is 421 g/mol. The summed E-state index contributed by atoms with van der Waals surface area (Å²) in [6.45, 7) is 4.36. The zero-order valence-corrected chi connectivity index (χ0v) is 17.6. The van der Waals surface area contributed by atoms with Crippen LogP contribution in [0.3, 0.4) is 0 Å². The van der Waals surface area contributed by atoms with Crippen molar-refractivity contribution in [2.24, 2.45) is 0 Å². The molecule has 166 valence electrons. The van der Waals surface area contributed by atoms with Gasteiger partial charge in [-0.25, -0.2) is 4.79 Å². The maximum Gasteiger partial charge on any atom is 0.315 e. The summed E-state index contributed by atoms with van der Waals surface area (Å²) in [5.41, 5.74) is 0.976. The molecule has 0 spiro atoms. The molecule has 1 aromatic rings. The first-order valence-corrected chi connectivity index (χ1v) is 10.3. The van der Waals surface area contributed by atoms with Crippen molar-refractivity contribution >= 4 is 11.9 Å².